The van der Waals surface area contributed by atoms with Crippen LogP contribution >= 0.6 is 0 Å². The molecular weight excluding hydrogens is 339 g/mol. The zero-order chi connectivity index (χ0) is 18.7. The summed E-state index contributed by atoms with van der Waals surface area (Å²) in [6, 6.07) is 9.81. The third-order valence-electron chi connectivity index (χ3n) is 3.81. The summed E-state index contributed by atoms with van der Waals surface area (Å²) in [4.78, 5) is 35.1. The summed E-state index contributed by atoms with van der Waals surface area (Å²) in [6.07, 6.45) is 1.99. The number of hydrogen-bond donors (Lipinski definition) is 4. The highest BCUT2D eigenvalue weighted by atomic mass is 19.1. The summed E-state index contributed by atoms with van der Waals surface area (Å²) in [7, 11) is 0. The molecule has 0 unspecified atom stereocenters. The summed E-state index contributed by atoms with van der Waals surface area (Å²) >= 11 is 0. The van der Waals surface area contributed by atoms with E-state index >= 15 is 0 Å². The lowest BCUT2D eigenvalue weighted by atomic mass is 10.1. The Bertz CT molecular complexity index is 863. The van der Waals surface area contributed by atoms with Gasteiger partial charge in [-0.3, -0.25) is 9.59 Å². The van der Waals surface area contributed by atoms with Crippen LogP contribution in [0.1, 0.15) is 33.6 Å². The molecule has 0 aromatic heterocycles. The SMILES string of the molecule is NC(=O)c1cc(NC(=O)c2ccc(NC(=O)NC3CC3)cc2)ccc1F. The van der Waals surface area contributed by atoms with Crippen molar-refractivity contribution in [2.75, 3.05) is 10.6 Å². The van der Waals surface area contributed by atoms with Gasteiger partial charge in [0.15, 0.2) is 0 Å². The smallest absolute Gasteiger partial charge is 0.319 e. The van der Waals surface area contributed by atoms with Crippen LogP contribution in [0.3, 0.4) is 0 Å². The molecule has 1 aliphatic carbocycles. The molecule has 5 N–H and O–H groups in total. The number of rotatable bonds is 5. The lowest BCUT2D eigenvalue weighted by Crippen LogP contribution is -2.30. The molecule has 3 rings (SSSR count). The Hall–Kier alpha value is -3.42. The van der Waals surface area contributed by atoms with Gasteiger partial charge in [0, 0.05) is 23.0 Å². The fourth-order valence-electron chi connectivity index (χ4n) is 2.28. The second-order valence-corrected chi connectivity index (χ2v) is 5.96. The topological polar surface area (TPSA) is 113 Å². The van der Waals surface area contributed by atoms with Gasteiger partial charge in [-0.2, -0.15) is 0 Å². The van der Waals surface area contributed by atoms with Crippen LogP contribution in [-0.4, -0.2) is 23.9 Å². The molecule has 1 saturated carbocycles. The van der Waals surface area contributed by atoms with E-state index in [1.54, 1.807) is 24.3 Å². The van der Waals surface area contributed by atoms with E-state index in [4.69, 9.17) is 5.73 Å². The van der Waals surface area contributed by atoms with E-state index in [0.29, 0.717) is 11.3 Å². The number of halogens is 1. The summed E-state index contributed by atoms with van der Waals surface area (Å²) in [5, 5.41) is 8.04. The molecule has 7 nitrogen and oxygen atoms in total. The van der Waals surface area contributed by atoms with Crippen molar-refractivity contribution < 1.29 is 18.8 Å². The van der Waals surface area contributed by atoms with Crippen molar-refractivity contribution in [1.82, 2.24) is 5.32 Å². The molecule has 0 aliphatic heterocycles. The van der Waals surface area contributed by atoms with Crippen LogP contribution in [0.4, 0.5) is 20.6 Å². The van der Waals surface area contributed by atoms with Gasteiger partial charge in [0.1, 0.15) is 5.82 Å². The van der Waals surface area contributed by atoms with Crippen molar-refractivity contribution in [3.8, 4) is 0 Å². The Morgan fingerprint density at radius 1 is 0.962 bits per heavy atom. The molecule has 26 heavy (non-hydrogen) atoms. The quantitative estimate of drug-likeness (QED) is 0.660. The van der Waals surface area contributed by atoms with Gasteiger partial charge in [0.2, 0.25) is 0 Å². The zero-order valence-electron chi connectivity index (χ0n) is 13.7. The Kier molecular flexibility index (Phi) is 4.83. The standard InChI is InChI=1S/C18H17FN4O3/c19-15-8-7-13(9-14(15)16(20)24)21-17(25)10-1-3-11(4-2-10)22-18(26)23-12-5-6-12/h1-4,7-9,12H,5-6H2,(H2,20,24)(H,21,25)(H2,22,23,26). The van der Waals surface area contributed by atoms with E-state index in [9.17, 15) is 18.8 Å². The molecule has 2 aromatic rings. The van der Waals surface area contributed by atoms with E-state index in [-0.39, 0.29) is 23.3 Å². The van der Waals surface area contributed by atoms with Crippen LogP contribution in [-0.2, 0) is 0 Å². The number of amides is 4. The molecule has 0 bridgehead atoms. The number of carbonyl (C=O) groups is 3. The second kappa shape index (κ2) is 7.22. The Morgan fingerprint density at radius 2 is 1.62 bits per heavy atom. The van der Waals surface area contributed by atoms with Crippen molar-refractivity contribution in [2.45, 2.75) is 18.9 Å². The summed E-state index contributed by atoms with van der Waals surface area (Å²) in [6.45, 7) is 0. The Balaban J connectivity index is 1.63. The van der Waals surface area contributed by atoms with Gasteiger partial charge in [-0.15, -0.1) is 0 Å². The Labute approximate surface area is 148 Å². The molecule has 1 aliphatic rings. The predicted octanol–water partition coefficient (Wildman–Crippen LogP) is 2.46. The third-order valence-corrected chi connectivity index (χ3v) is 3.81. The van der Waals surface area contributed by atoms with Gasteiger partial charge in [0.05, 0.1) is 5.56 Å². The fraction of sp³-hybridized carbons (Fsp3) is 0.167. The highest BCUT2D eigenvalue weighted by Gasteiger charge is 2.23. The molecule has 2 aromatic carbocycles. The molecule has 0 saturated heterocycles. The van der Waals surface area contributed by atoms with Crippen molar-refractivity contribution in [3.63, 3.8) is 0 Å². The van der Waals surface area contributed by atoms with Crippen LogP contribution in [0.2, 0.25) is 0 Å². The molecule has 0 radical (unpaired) electrons. The normalized spacial score (nSPS) is 13.0. The molecule has 8 heteroatoms. The Morgan fingerprint density at radius 3 is 2.23 bits per heavy atom. The van der Waals surface area contributed by atoms with Crippen LogP contribution < -0.4 is 21.7 Å². The van der Waals surface area contributed by atoms with Gasteiger partial charge in [0.25, 0.3) is 11.8 Å². The number of carbonyl (C=O) groups excluding carboxylic acids is 3. The number of anilines is 2. The molecule has 4 amide bonds. The first kappa shape index (κ1) is 17.4. The first-order valence-corrected chi connectivity index (χ1v) is 8.00. The molecule has 0 spiro atoms. The monoisotopic (exact) mass is 356 g/mol. The van der Waals surface area contributed by atoms with Crippen molar-refractivity contribution in [3.05, 3.63) is 59.4 Å². The summed E-state index contributed by atoms with van der Waals surface area (Å²) < 4.78 is 13.5. The molecular formula is C18H17FN4O3. The number of hydrogen-bond acceptors (Lipinski definition) is 3. The number of benzene rings is 2. The fourth-order valence-corrected chi connectivity index (χ4v) is 2.28. The van der Waals surface area contributed by atoms with Crippen LogP contribution in [0.15, 0.2) is 42.5 Å². The summed E-state index contributed by atoms with van der Waals surface area (Å²) in [5.41, 5.74) is 5.92. The van der Waals surface area contributed by atoms with Crippen LogP contribution in [0, 0.1) is 5.82 Å². The van der Waals surface area contributed by atoms with E-state index in [1.165, 1.54) is 12.1 Å². The minimum Gasteiger partial charge on any atom is -0.366 e. The predicted molar refractivity (Wildman–Crippen MR) is 94.5 cm³/mol. The highest BCUT2D eigenvalue weighted by molar-refractivity contribution is 6.05. The first-order valence-electron chi connectivity index (χ1n) is 8.00. The lowest BCUT2D eigenvalue weighted by Gasteiger charge is -2.09. The molecule has 0 heterocycles. The molecule has 1 fully saturated rings. The number of urea groups is 1. The second-order valence-electron chi connectivity index (χ2n) is 5.96. The van der Waals surface area contributed by atoms with E-state index in [2.05, 4.69) is 16.0 Å². The number of primary amides is 1. The lowest BCUT2D eigenvalue weighted by molar-refractivity contribution is 0.0992. The first-order chi connectivity index (χ1) is 12.4. The number of nitrogens with two attached hydrogens (primary N) is 1. The minimum atomic E-state index is -0.918. The van der Waals surface area contributed by atoms with Gasteiger partial charge >= 0.3 is 6.03 Å². The van der Waals surface area contributed by atoms with Gasteiger partial charge in [-0.05, 0) is 55.3 Å². The average Bonchev–Trinajstić information content (AvgIpc) is 3.40. The number of nitrogens with one attached hydrogen (secondary N) is 3. The van der Waals surface area contributed by atoms with Crippen molar-refractivity contribution in [2.24, 2.45) is 5.73 Å². The largest absolute Gasteiger partial charge is 0.366 e. The molecule has 134 valence electrons. The van der Waals surface area contributed by atoms with E-state index in [0.717, 1.165) is 18.9 Å². The maximum atomic E-state index is 13.5. The van der Waals surface area contributed by atoms with Gasteiger partial charge in [-0.25, -0.2) is 9.18 Å². The average molecular weight is 356 g/mol. The van der Waals surface area contributed by atoms with Gasteiger partial charge in [-0.1, -0.05) is 0 Å². The maximum absolute atomic E-state index is 13.5. The maximum Gasteiger partial charge on any atom is 0.319 e. The van der Waals surface area contributed by atoms with E-state index in [1.807, 2.05) is 0 Å². The van der Waals surface area contributed by atoms with Crippen molar-refractivity contribution in [1.29, 1.82) is 0 Å². The van der Waals surface area contributed by atoms with Crippen molar-refractivity contribution >= 4 is 29.2 Å². The van der Waals surface area contributed by atoms with Crippen LogP contribution in [0.25, 0.3) is 0 Å². The highest BCUT2D eigenvalue weighted by Crippen LogP contribution is 2.19. The van der Waals surface area contributed by atoms with Gasteiger partial charge < -0.3 is 21.7 Å². The van der Waals surface area contributed by atoms with Crippen LogP contribution in [0.5, 0.6) is 0 Å². The third kappa shape index (κ3) is 4.35. The molecule has 0 atom stereocenters. The minimum absolute atomic E-state index is 0.246. The zero-order valence-corrected chi connectivity index (χ0v) is 13.7. The summed E-state index contributed by atoms with van der Waals surface area (Å²) in [5.74, 6) is -2.12. The van der Waals surface area contributed by atoms with E-state index < -0.39 is 17.6 Å².